The molecular weight excluding hydrogens is 270 g/mol. The summed E-state index contributed by atoms with van der Waals surface area (Å²) in [5, 5.41) is 25.2. The highest BCUT2D eigenvalue weighted by Gasteiger charge is 2.07. The van der Waals surface area contributed by atoms with Crippen LogP contribution in [0.5, 0.6) is 0 Å². The molecule has 0 aliphatic rings. The number of rotatable bonds is 8. The Kier molecular flexibility index (Phi) is 5.83. The number of nitrogens with one attached hydrogen (secondary N) is 2. The molecule has 0 unspecified atom stereocenters. The van der Waals surface area contributed by atoms with E-state index in [1.54, 1.807) is 24.3 Å². The Labute approximate surface area is 122 Å². The molecule has 1 aromatic carbocycles. The molecule has 7 nitrogen and oxygen atoms in total. The number of aliphatic hydroxyl groups excluding tert-OH is 1. The third-order valence-corrected chi connectivity index (χ3v) is 3.12. The fourth-order valence-corrected chi connectivity index (χ4v) is 1.95. The third-order valence-electron chi connectivity index (χ3n) is 3.12. The summed E-state index contributed by atoms with van der Waals surface area (Å²) in [6.45, 7) is 0.885. The number of aromatic amines is 1. The molecule has 0 spiro atoms. The second-order valence-corrected chi connectivity index (χ2v) is 4.71. The number of carbonyl (C=O) groups is 1. The first-order valence-corrected chi connectivity index (χ1v) is 7.04. The van der Waals surface area contributed by atoms with Crippen molar-refractivity contribution in [1.29, 1.82) is 0 Å². The van der Waals surface area contributed by atoms with Gasteiger partial charge in [0.1, 0.15) is 0 Å². The van der Waals surface area contributed by atoms with E-state index in [-0.39, 0.29) is 12.5 Å². The first kappa shape index (κ1) is 15.1. The van der Waals surface area contributed by atoms with E-state index in [2.05, 4.69) is 25.9 Å². The summed E-state index contributed by atoms with van der Waals surface area (Å²) in [4.78, 5) is 11.9. The number of hydrogen-bond donors (Lipinski definition) is 3. The van der Waals surface area contributed by atoms with E-state index in [1.165, 1.54) is 0 Å². The summed E-state index contributed by atoms with van der Waals surface area (Å²) < 4.78 is 0. The van der Waals surface area contributed by atoms with Crippen LogP contribution in [0, 0.1) is 0 Å². The average molecular weight is 289 g/mol. The van der Waals surface area contributed by atoms with Gasteiger partial charge in [-0.1, -0.05) is 25.0 Å². The normalized spacial score (nSPS) is 10.5. The molecule has 7 heteroatoms. The van der Waals surface area contributed by atoms with Crippen LogP contribution < -0.4 is 5.32 Å². The molecule has 0 atom stereocenters. The third kappa shape index (κ3) is 4.64. The number of tetrazole rings is 1. The average Bonchev–Trinajstić information content (AvgIpc) is 3.05. The highest BCUT2D eigenvalue weighted by molar-refractivity contribution is 5.94. The number of unbranched alkanes of at least 4 members (excludes halogenated alkanes) is 3. The molecule has 0 aliphatic heterocycles. The molecule has 0 radical (unpaired) electrons. The smallest absolute Gasteiger partial charge is 0.251 e. The van der Waals surface area contributed by atoms with Crippen LogP contribution in [-0.2, 0) is 0 Å². The minimum absolute atomic E-state index is 0.0863. The number of aliphatic hydroxyl groups is 1. The van der Waals surface area contributed by atoms with Gasteiger partial charge in [-0.25, -0.2) is 0 Å². The number of aromatic nitrogens is 4. The van der Waals surface area contributed by atoms with Crippen LogP contribution in [0.15, 0.2) is 24.3 Å². The second-order valence-electron chi connectivity index (χ2n) is 4.71. The van der Waals surface area contributed by atoms with Crippen molar-refractivity contribution in [2.75, 3.05) is 13.2 Å². The van der Waals surface area contributed by atoms with E-state index in [0.29, 0.717) is 17.9 Å². The van der Waals surface area contributed by atoms with Gasteiger partial charge >= 0.3 is 0 Å². The summed E-state index contributed by atoms with van der Waals surface area (Å²) in [5.41, 5.74) is 1.42. The van der Waals surface area contributed by atoms with Crippen molar-refractivity contribution in [3.63, 3.8) is 0 Å². The van der Waals surface area contributed by atoms with E-state index < -0.39 is 0 Å². The first-order valence-electron chi connectivity index (χ1n) is 7.04. The SMILES string of the molecule is O=C(NCCCCCCO)c1ccc(-c2nn[nH]n2)cc1. The highest BCUT2D eigenvalue weighted by atomic mass is 16.2. The summed E-state index contributed by atoms with van der Waals surface area (Å²) in [5.74, 6) is 0.419. The fraction of sp³-hybridized carbons (Fsp3) is 0.429. The number of benzene rings is 1. The van der Waals surface area contributed by atoms with Gasteiger partial charge in [-0.2, -0.15) is 5.21 Å². The monoisotopic (exact) mass is 289 g/mol. The summed E-state index contributed by atoms with van der Waals surface area (Å²) in [6, 6.07) is 7.07. The van der Waals surface area contributed by atoms with Crippen molar-refractivity contribution in [2.45, 2.75) is 25.7 Å². The lowest BCUT2D eigenvalue weighted by molar-refractivity contribution is 0.0953. The van der Waals surface area contributed by atoms with Crippen LogP contribution >= 0.6 is 0 Å². The maximum Gasteiger partial charge on any atom is 0.251 e. The molecule has 3 N–H and O–H groups in total. The molecule has 0 aliphatic carbocycles. The minimum atomic E-state index is -0.0863. The van der Waals surface area contributed by atoms with E-state index in [9.17, 15) is 4.79 Å². The van der Waals surface area contributed by atoms with Crippen LogP contribution in [0.2, 0.25) is 0 Å². The fourth-order valence-electron chi connectivity index (χ4n) is 1.95. The lowest BCUT2D eigenvalue weighted by Crippen LogP contribution is -2.24. The molecule has 112 valence electrons. The number of amides is 1. The number of hydrogen-bond acceptors (Lipinski definition) is 5. The van der Waals surface area contributed by atoms with Crippen LogP contribution in [0.25, 0.3) is 11.4 Å². The predicted octanol–water partition coefficient (Wildman–Crippen LogP) is 1.15. The standard InChI is InChI=1S/C14H19N5O2/c20-10-4-2-1-3-9-15-14(21)12-7-5-11(6-8-12)13-16-18-19-17-13/h5-8,20H,1-4,9-10H2,(H,15,21)(H,16,17,18,19). The Bertz CT molecular complexity index is 539. The van der Waals surface area contributed by atoms with Gasteiger partial charge in [-0.15, -0.1) is 10.2 Å². The largest absolute Gasteiger partial charge is 0.396 e. The van der Waals surface area contributed by atoms with Crippen molar-refractivity contribution in [3.8, 4) is 11.4 Å². The zero-order valence-corrected chi connectivity index (χ0v) is 11.7. The maximum atomic E-state index is 11.9. The molecule has 0 saturated carbocycles. The van der Waals surface area contributed by atoms with Gasteiger partial charge in [-0.3, -0.25) is 4.79 Å². The zero-order valence-electron chi connectivity index (χ0n) is 11.7. The van der Waals surface area contributed by atoms with E-state index in [0.717, 1.165) is 31.2 Å². The van der Waals surface area contributed by atoms with Gasteiger partial charge in [0.2, 0.25) is 5.82 Å². The Morgan fingerprint density at radius 2 is 1.90 bits per heavy atom. The summed E-state index contributed by atoms with van der Waals surface area (Å²) >= 11 is 0. The Morgan fingerprint density at radius 1 is 1.14 bits per heavy atom. The molecule has 2 rings (SSSR count). The molecule has 0 fully saturated rings. The van der Waals surface area contributed by atoms with Crippen LogP contribution in [0.1, 0.15) is 36.0 Å². The second kappa shape index (κ2) is 8.11. The molecule has 0 saturated heterocycles. The molecule has 21 heavy (non-hydrogen) atoms. The Balaban J connectivity index is 1.78. The molecule has 0 bridgehead atoms. The van der Waals surface area contributed by atoms with E-state index >= 15 is 0 Å². The van der Waals surface area contributed by atoms with Crippen molar-refractivity contribution >= 4 is 5.91 Å². The Hall–Kier alpha value is -2.28. The van der Waals surface area contributed by atoms with Gasteiger partial charge in [0, 0.05) is 24.3 Å². The van der Waals surface area contributed by atoms with Gasteiger partial charge in [0.15, 0.2) is 0 Å². The van der Waals surface area contributed by atoms with Crippen molar-refractivity contribution in [3.05, 3.63) is 29.8 Å². The van der Waals surface area contributed by atoms with Crippen molar-refractivity contribution < 1.29 is 9.90 Å². The summed E-state index contributed by atoms with van der Waals surface area (Å²) in [6.07, 6.45) is 3.75. The summed E-state index contributed by atoms with van der Waals surface area (Å²) in [7, 11) is 0. The zero-order chi connectivity index (χ0) is 14.9. The number of carbonyl (C=O) groups excluding carboxylic acids is 1. The molecule has 1 amide bonds. The van der Waals surface area contributed by atoms with Gasteiger partial charge in [0.25, 0.3) is 5.91 Å². The maximum absolute atomic E-state index is 11.9. The Morgan fingerprint density at radius 3 is 2.57 bits per heavy atom. The highest BCUT2D eigenvalue weighted by Crippen LogP contribution is 2.13. The van der Waals surface area contributed by atoms with Gasteiger partial charge in [-0.05, 0) is 30.2 Å². The molecule has 1 heterocycles. The minimum Gasteiger partial charge on any atom is -0.396 e. The number of H-pyrrole nitrogens is 1. The van der Waals surface area contributed by atoms with E-state index in [4.69, 9.17) is 5.11 Å². The quantitative estimate of drug-likeness (QED) is 0.632. The lowest BCUT2D eigenvalue weighted by Gasteiger charge is -2.05. The van der Waals surface area contributed by atoms with Gasteiger partial charge in [0.05, 0.1) is 0 Å². The van der Waals surface area contributed by atoms with Crippen LogP contribution in [0.3, 0.4) is 0 Å². The molecule has 1 aromatic heterocycles. The molecular formula is C14H19N5O2. The topological polar surface area (TPSA) is 104 Å². The number of nitrogens with zero attached hydrogens (tertiary/aromatic N) is 3. The first-order chi connectivity index (χ1) is 10.3. The van der Waals surface area contributed by atoms with Crippen LogP contribution in [0.4, 0.5) is 0 Å². The van der Waals surface area contributed by atoms with Crippen LogP contribution in [-0.4, -0.2) is 44.8 Å². The van der Waals surface area contributed by atoms with E-state index in [1.807, 2.05) is 0 Å². The van der Waals surface area contributed by atoms with Crippen molar-refractivity contribution in [2.24, 2.45) is 0 Å². The molecule has 2 aromatic rings. The lowest BCUT2D eigenvalue weighted by atomic mass is 10.1. The van der Waals surface area contributed by atoms with Crippen molar-refractivity contribution in [1.82, 2.24) is 25.9 Å². The predicted molar refractivity (Wildman–Crippen MR) is 77.5 cm³/mol. The van der Waals surface area contributed by atoms with Gasteiger partial charge < -0.3 is 10.4 Å².